The van der Waals surface area contributed by atoms with Crippen LogP contribution in [0.25, 0.3) is 0 Å². The predicted molar refractivity (Wildman–Crippen MR) is 85.7 cm³/mol. The number of carbonyl (C=O) groups is 1. The molecule has 1 aromatic heterocycles. The maximum absolute atomic E-state index is 12.4. The molecule has 0 aliphatic carbocycles. The zero-order valence-corrected chi connectivity index (χ0v) is 13.6. The van der Waals surface area contributed by atoms with Crippen molar-refractivity contribution in [3.05, 3.63) is 52.9 Å². The number of aromatic nitrogens is 2. The molecule has 1 saturated heterocycles. The number of amides is 1. The van der Waals surface area contributed by atoms with Crippen LogP contribution in [0.3, 0.4) is 0 Å². The molecule has 3 rings (SSSR count). The van der Waals surface area contributed by atoms with E-state index in [2.05, 4.69) is 25.9 Å². The highest BCUT2D eigenvalue weighted by Crippen LogP contribution is 2.19. The van der Waals surface area contributed by atoms with E-state index >= 15 is 0 Å². The second kappa shape index (κ2) is 6.87. The molecule has 1 fully saturated rings. The van der Waals surface area contributed by atoms with Crippen molar-refractivity contribution in [3.63, 3.8) is 0 Å². The summed E-state index contributed by atoms with van der Waals surface area (Å²) in [6.45, 7) is 1.39. The van der Waals surface area contributed by atoms with Gasteiger partial charge in [-0.2, -0.15) is 0 Å². The summed E-state index contributed by atoms with van der Waals surface area (Å²) in [7, 11) is 0. The van der Waals surface area contributed by atoms with Crippen LogP contribution in [-0.4, -0.2) is 40.0 Å². The second-order valence-electron chi connectivity index (χ2n) is 5.16. The molecule has 2 heterocycles. The van der Waals surface area contributed by atoms with E-state index in [0.29, 0.717) is 19.0 Å². The van der Waals surface area contributed by atoms with Crippen LogP contribution in [0.1, 0.15) is 23.2 Å². The van der Waals surface area contributed by atoms with Gasteiger partial charge in [0.15, 0.2) is 0 Å². The fourth-order valence-electron chi connectivity index (χ4n) is 2.47. The molecule has 0 radical (unpaired) electrons. The van der Waals surface area contributed by atoms with Crippen molar-refractivity contribution >= 4 is 21.8 Å². The van der Waals surface area contributed by atoms with E-state index < -0.39 is 0 Å². The lowest BCUT2D eigenvalue weighted by Gasteiger charge is -2.31. The molecule has 1 aliphatic heterocycles. The zero-order chi connectivity index (χ0) is 15.4. The average Bonchev–Trinajstić information content (AvgIpc) is 2.57. The van der Waals surface area contributed by atoms with Crippen molar-refractivity contribution in [1.82, 2.24) is 14.9 Å². The van der Waals surface area contributed by atoms with Crippen LogP contribution in [0.15, 0.2) is 47.3 Å². The Morgan fingerprint density at radius 3 is 2.55 bits per heavy atom. The van der Waals surface area contributed by atoms with Gasteiger partial charge < -0.3 is 9.64 Å². The lowest BCUT2D eigenvalue weighted by Crippen LogP contribution is -2.41. The van der Waals surface area contributed by atoms with Crippen LogP contribution in [0.4, 0.5) is 0 Å². The maximum Gasteiger partial charge on any atom is 0.253 e. The molecule has 22 heavy (non-hydrogen) atoms. The van der Waals surface area contributed by atoms with E-state index in [1.54, 1.807) is 18.6 Å². The van der Waals surface area contributed by atoms with Gasteiger partial charge in [-0.25, -0.2) is 4.98 Å². The summed E-state index contributed by atoms with van der Waals surface area (Å²) in [5.74, 6) is 0.616. The molecule has 114 valence electrons. The first-order valence-electron chi connectivity index (χ1n) is 7.20. The van der Waals surface area contributed by atoms with Crippen LogP contribution >= 0.6 is 15.9 Å². The fourth-order valence-corrected chi connectivity index (χ4v) is 2.73. The Balaban J connectivity index is 1.55. The van der Waals surface area contributed by atoms with Gasteiger partial charge in [0, 0.05) is 48.4 Å². The highest BCUT2D eigenvalue weighted by atomic mass is 79.9. The summed E-state index contributed by atoms with van der Waals surface area (Å²) in [6.07, 6.45) is 6.54. The summed E-state index contributed by atoms with van der Waals surface area (Å²) in [5, 5.41) is 0. The largest absolute Gasteiger partial charge is 0.473 e. The van der Waals surface area contributed by atoms with Crippen LogP contribution < -0.4 is 4.74 Å². The number of nitrogens with zero attached hydrogens (tertiary/aromatic N) is 3. The molecule has 1 amide bonds. The molecule has 0 bridgehead atoms. The first kappa shape index (κ1) is 15.0. The quantitative estimate of drug-likeness (QED) is 0.843. The molecule has 0 saturated carbocycles. The normalized spacial score (nSPS) is 15.6. The Morgan fingerprint density at radius 2 is 1.91 bits per heavy atom. The fraction of sp³-hybridized carbons (Fsp3) is 0.312. The van der Waals surface area contributed by atoms with E-state index in [-0.39, 0.29) is 12.0 Å². The van der Waals surface area contributed by atoms with Gasteiger partial charge in [-0.15, -0.1) is 0 Å². The third-order valence-corrected chi connectivity index (χ3v) is 4.18. The monoisotopic (exact) mass is 361 g/mol. The first-order chi connectivity index (χ1) is 10.7. The number of likely N-dealkylation sites (tertiary alicyclic amines) is 1. The van der Waals surface area contributed by atoms with Gasteiger partial charge in [0.2, 0.25) is 5.88 Å². The van der Waals surface area contributed by atoms with Crippen LogP contribution in [0.5, 0.6) is 5.88 Å². The zero-order valence-electron chi connectivity index (χ0n) is 12.0. The standard InChI is InChI=1S/C16H16BrN3O2/c17-13-3-1-12(2-4-13)16(21)20-9-5-14(6-10-20)22-15-11-18-7-8-19-15/h1-4,7-8,11,14H,5-6,9-10H2. The molecule has 0 spiro atoms. The van der Waals surface area contributed by atoms with Gasteiger partial charge in [0.05, 0.1) is 6.20 Å². The third kappa shape index (κ3) is 3.62. The van der Waals surface area contributed by atoms with Gasteiger partial charge in [0.25, 0.3) is 5.91 Å². The molecule has 6 heteroatoms. The minimum Gasteiger partial charge on any atom is -0.473 e. The number of rotatable bonds is 3. The summed E-state index contributed by atoms with van der Waals surface area (Å²) >= 11 is 3.38. The smallest absolute Gasteiger partial charge is 0.253 e. The molecule has 1 aliphatic rings. The van der Waals surface area contributed by atoms with Gasteiger partial charge in [0.1, 0.15) is 6.10 Å². The number of hydrogen-bond donors (Lipinski definition) is 0. The molecule has 5 nitrogen and oxygen atoms in total. The van der Waals surface area contributed by atoms with Crippen LogP contribution in [0, 0.1) is 0 Å². The maximum atomic E-state index is 12.4. The van der Waals surface area contributed by atoms with Gasteiger partial charge in [-0.05, 0) is 24.3 Å². The lowest BCUT2D eigenvalue weighted by molar-refractivity contribution is 0.0587. The van der Waals surface area contributed by atoms with Crippen molar-refractivity contribution in [2.24, 2.45) is 0 Å². The molecular weight excluding hydrogens is 346 g/mol. The van der Waals surface area contributed by atoms with E-state index in [1.807, 2.05) is 29.2 Å². The Labute approximate surface area is 137 Å². The molecule has 1 aromatic carbocycles. The highest BCUT2D eigenvalue weighted by Gasteiger charge is 2.24. The molecule has 0 N–H and O–H groups in total. The summed E-state index contributed by atoms with van der Waals surface area (Å²) < 4.78 is 6.76. The van der Waals surface area contributed by atoms with Gasteiger partial charge in [-0.1, -0.05) is 15.9 Å². The lowest BCUT2D eigenvalue weighted by atomic mass is 10.1. The topological polar surface area (TPSA) is 55.3 Å². The number of piperidine rings is 1. The molecule has 2 aromatic rings. The Hall–Kier alpha value is -1.95. The van der Waals surface area contributed by atoms with E-state index in [0.717, 1.165) is 22.9 Å². The SMILES string of the molecule is O=C(c1ccc(Br)cc1)N1CCC(Oc2cnccn2)CC1. The molecule has 0 atom stereocenters. The van der Waals surface area contributed by atoms with Crippen LogP contribution in [-0.2, 0) is 0 Å². The number of halogens is 1. The Kier molecular flexibility index (Phi) is 4.68. The number of carbonyl (C=O) groups excluding carboxylic acids is 1. The minimum absolute atomic E-state index is 0.0745. The second-order valence-corrected chi connectivity index (χ2v) is 6.08. The number of ether oxygens (including phenoxy) is 1. The van der Waals surface area contributed by atoms with Crippen molar-refractivity contribution in [3.8, 4) is 5.88 Å². The molecule has 0 unspecified atom stereocenters. The van der Waals surface area contributed by atoms with E-state index in [9.17, 15) is 4.79 Å². The van der Waals surface area contributed by atoms with Crippen molar-refractivity contribution in [2.75, 3.05) is 13.1 Å². The summed E-state index contributed by atoms with van der Waals surface area (Å²) in [4.78, 5) is 22.4. The highest BCUT2D eigenvalue weighted by molar-refractivity contribution is 9.10. The predicted octanol–water partition coefficient (Wildman–Crippen LogP) is 2.92. The molecular formula is C16H16BrN3O2. The Morgan fingerprint density at radius 1 is 1.18 bits per heavy atom. The number of benzene rings is 1. The average molecular weight is 362 g/mol. The minimum atomic E-state index is 0.0745. The van der Waals surface area contributed by atoms with Crippen molar-refractivity contribution in [1.29, 1.82) is 0 Å². The third-order valence-electron chi connectivity index (χ3n) is 3.65. The van der Waals surface area contributed by atoms with Crippen molar-refractivity contribution in [2.45, 2.75) is 18.9 Å². The van der Waals surface area contributed by atoms with Crippen molar-refractivity contribution < 1.29 is 9.53 Å². The van der Waals surface area contributed by atoms with Gasteiger partial charge in [-0.3, -0.25) is 9.78 Å². The summed E-state index contributed by atoms with van der Waals surface area (Å²) in [6, 6.07) is 7.46. The van der Waals surface area contributed by atoms with Gasteiger partial charge >= 0.3 is 0 Å². The summed E-state index contributed by atoms with van der Waals surface area (Å²) in [5.41, 5.74) is 0.719. The van der Waals surface area contributed by atoms with E-state index in [1.165, 1.54) is 0 Å². The first-order valence-corrected chi connectivity index (χ1v) is 7.99. The number of hydrogen-bond acceptors (Lipinski definition) is 4. The van der Waals surface area contributed by atoms with Crippen LogP contribution in [0.2, 0.25) is 0 Å². The van der Waals surface area contributed by atoms with E-state index in [4.69, 9.17) is 4.74 Å². The Bertz CT molecular complexity index is 626.